The molecule has 3 N–H and O–H groups in total. The van der Waals surface area contributed by atoms with Gasteiger partial charge in [-0.3, -0.25) is 5.32 Å². The molecule has 0 fully saturated rings. The van der Waals surface area contributed by atoms with Crippen LogP contribution >= 0.6 is 11.6 Å². The van der Waals surface area contributed by atoms with E-state index in [1.165, 1.54) is 20.4 Å². The molecule has 0 bridgehead atoms. The molecule has 0 radical (unpaired) electrons. The van der Waals surface area contributed by atoms with Gasteiger partial charge in [-0.05, 0) is 6.07 Å². The third-order valence-electron chi connectivity index (χ3n) is 2.45. The average Bonchev–Trinajstić information content (AvgIpc) is 2.91. The van der Waals surface area contributed by atoms with E-state index in [0.717, 1.165) is 0 Å². The maximum atomic E-state index is 11.8. The third-order valence-corrected chi connectivity index (χ3v) is 2.75. The van der Waals surface area contributed by atoms with Crippen LogP contribution in [0.5, 0.6) is 11.5 Å². The number of carbonyl (C=O) groups excluding carboxylic acids is 1. The topological polar surface area (TPSA) is 88.3 Å². The Morgan fingerprint density at radius 1 is 1.25 bits per heavy atom. The summed E-state index contributed by atoms with van der Waals surface area (Å²) in [6, 6.07) is 2.66. The first kappa shape index (κ1) is 14.0. The van der Waals surface area contributed by atoms with Gasteiger partial charge in [-0.25, -0.2) is 9.78 Å². The fraction of sp³-hybridized carbons (Fsp3) is 0.167. The Bertz CT molecular complexity index is 601. The van der Waals surface area contributed by atoms with Gasteiger partial charge >= 0.3 is 6.03 Å². The lowest BCUT2D eigenvalue weighted by Crippen LogP contribution is -2.20. The molecule has 106 valence electrons. The first-order chi connectivity index (χ1) is 9.63. The summed E-state index contributed by atoms with van der Waals surface area (Å²) in [7, 11) is 2.98. The molecular formula is C12H13ClN4O3. The minimum Gasteiger partial charge on any atom is -0.495 e. The maximum absolute atomic E-state index is 11.8. The van der Waals surface area contributed by atoms with E-state index in [9.17, 15) is 4.79 Å². The molecule has 1 aromatic heterocycles. The van der Waals surface area contributed by atoms with E-state index in [-0.39, 0.29) is 0 Å². The van der Waals surface area contributed by atoms with Crippen molar-refractivity contribution in [1.82, 2.24) is 9.97 Å². The van der Waals surface area contributed by atoms with Crippen molar-refractivity contribution in [2.75, 3.05) is 24.9 Å². The highest BCUT2D eigenvalue weighted by atomic mass is 35.5. The van der Waals surface area contributed by atoms with E-state index < -0.39 is 6.03 Å². The van der Waals surface area contributed by atoms with E-state index in [1.54, 1.807) is 18.3 Å². The molecule has 0 aliphatic heterocycles. The number of urea groups is 1. The zero-order chi connectivity index (χ0) is 14.5. The Kier molecular flexibility index (Phi) is 4.31. The Labute approximate surface area is 120 Å². The van der Waals surface area contributed by atoms with E-state index in [4.69, 9.17) is 21.1 Å². The molecular weight excluding hydrogens is 284 g/mol. The van der Waals surface area contributed by atoms with Crippen LogP contribution in [-0.2, 0) is 0 Å². The normalized spacial score (nSPS) is 9.95. The Morgan fingerprint density at radius 2 is 2.00 bits per heavy atom. The number of nitrogens with zero attached hydrogens (tertiary/aromatic N) is 1. The van der Waals surface area contributed by atoms with Crippen LogP contribution in [0.4, 0.5) is 16.4 Å². The number of carbonyl (C=O) groups is 1. The molecule has 0 spiro atoms. The SMILES string of the molecule is COc1cc(OC)c(NC(=O)Nc2ncc[nH]2)cc1Cl. The first-order valence-electron chi connectivity index (χ1n) is 5.63. The maximum Gasteiger partial charge on any atom is 0.326 e. The predicted octanol–water partition coefficient (Wildman–Crippen LogP) is 2.72. The van der Waals surface area contributed by atoms with E-state index in [1.807, 2.05) is 0 Å². The number of methoxy groups -OCH3 is 2. The van der Waals surface area contributed by atoms with E-state index in [2.05, 4.69) is 20.6 Å². The standard InChI is InChI=1S/C12H13ClN4O3/c1-19-9-6-10(20-2)8(5-7(9)13)16-12(18)17-11-14-3-4-15-11/h3-6H,1-2H3,(H3,14,15,16,17,18). The number of ether oxygens (including phenoxy) is 2. The second-order valence-corrected chi connectivity index (χ2v) is 4.11. The van der Waals surface area contributed by atoms with E-state index in [0.29, 0.717) is 28.2 Å². The van der Waals surface area contributed by atoms with Gasteiger partial charge in [-0.15, -0.1) is 0 Å². The molecule has 2 amide bonds. The van der Waals surface area contributed by atoms with E-state index >= 15 is 0 Å². The number of halogens is 1. The smallest absolute Gasteiger partial charge is 0.326 e. The van der Waals surface area contributed by atoms with Gasteiger partial charge in [-0.2, -0.15) is 0 Å². The van der Waals surface area contributed by atoms with Crippen LogP contribution < -0.4 is 20.1 Å². The van der Waals surface area contributed by atoms with Gasteiger partial charge in [0.15, 0.2) is 0 Å². The molecule has 2 aromatic rings. The minimum absolute atomic E-state index is 0.334. The number of anilines is 2. The Morgan fingerprint density at radius 3 is 2.60 bits per heavy atom. The van der Waals surface area contributed by atoms with Gasteiger partial charge in [0.1, 0.15) is 11.5 Å². The van der Waals surface area contributed by atoms with Crippen molar-refractivity contribution in [1.29, 1.82) is 0 Å². The number of hydrogen-bond donors (Lipinski definition) is 3. The van der Waals surface area contributed by atoms with Crippen molar-refractivity contribution in [2.24, 2.45) is 0 Å². The Hall–Kier alpha value is -2.41. The molecule has 1 heterocycles. The van der Waals surface area contributed by atoms with Crippen molar-refractivity contribution in [3.8, 4) is 11.5 Å². The summed E-state index contributed by atoms with van der Waals surface area (Å²) in [5, 5.41) is 5.50. The van der Waals surface area contributed by atoms with Gasteiger partial charge in [0.25, 0.3) is 0 Å². The van der Waals surface area contributed by atoms with Crippen molar-refractivity contribution < 1.29 is 14.3 Å². The minimum atomic E-state index is -0.473. The quantitative estimate of drug-likeness (QED) is 0.809. The van der Waals surface area contributed by atoms with Gasteiger partial charge in [0.2, 0.25) is 5.95 Å². The van der Waals surface area contributed by atoms with Crippen LogP contribution in [0.15, 0.2) is 24.5 Å². The van der Waals surface area contributed by atoms with Crippen LogP contribution in [0, 0.1) is 0 Å². The average molecular weight is 297 g/mol. The zero-order valence-electron chi connectivity index (χ0n) is 10.9. The summed E-state index contributed by atoms with van der Waals surface area (Å²) in [4.78, 5) is 18.4. The lowest BCUT2D eigenvalue weighted by molar-refractivity contribution is 0.262. The van der Waals surface area contributed by atoms with Gasteiger partial charge in [0, 0.05) is 18.5 Å². The summed E-state index contributed by atoms with van der Waals surface area (Å²) in [6.07, 6.45) is 3.13. The van der Waals surface area contributed by atoms with Gasteiger partial charge < -0.3 is 19.8 Å². The summed E-state index contributed by atoms with van der Waals surface area (Å²) in [5.74, 6) is 1.22. The summed E-state index contributed by atoms with van der Waals surface area (Å²) in [5.41, 5.74) is 0.419. The third kappa shape index (κ3) is 3.12. The fourth-order valence-electron chi connectivity index (χ4n) is 1.55. The van der Waals surface area contributed by atoms with Crippen molar-refractivity contribution >= 4 is 29.3 Å². The molecule has 8 heteroatoms. The summed E-state index contributed by atoms with van der Waals surface area (Å²) in [6.45, 7) is 0. The fourth-order valence-corrected chi connectivity index (χ4v) is 1.79. The highest BCUT2D eigenvalue weighted by molar-refractivity contribution is 6.32. The number of rotatable bonds is 4. The number of benzene rings is 1. The molecule has 0 aliphatic rings. The number of imidazole rings is 1. The molecule has 2 rings (SSSR count). The number of H-pyrrole nitrogens is 1. The molecule has 7 nitrogen and oxygen atoms in total. The predicted molar refractivity (Wildman–Crippen MR) is 75.8 cm³/mol. The van der Waals surface area contributed by atoms with Gasteiger partial charge in [0.05, 0.1) is 24.9 Å². The summed E-state index contributed by atoms with van der Waals surface area (Å²) < 4.78 is 10.3. The monoisotopic (exact) mass is 296 g/mol. The molecule has 20 heavy (non-hydrogen) atoms. The van der Waals surface area contributed by atoms with Crippen LogP contribution in [0.25, 0.3) is 0 Å². The van der Waals surface area contributed by atoms with Crippen molar-refractivity contribution in [2.45, 2.75) is 0 Å². The Balaban J connectivity index is 2.15. The van der Waals surface area contributed by atoms with Crippen LogP contribution in [0.1, 0.15) is 0 Å². The lowest BCUT2D eigenvalue weighted by atomic mass is 10.2. The molecule has 0 saturated carbocycles. The second-order valence-electron chi connectivity index (χ2n) is 3.70. The van der Waals surface area contributed by atoms with Gasteiger partial charge in [-0.1, -0.05) is 11.6 Å². The van der Waals surface area contributed by atoms with Crippen molar-refractivity contribution in [3.63, 3.8) is 0 Å². The summed E-state index contributed by atoms with van der Waals surface area (Å²) >= 11 is 6.01. The largest absolute Gasteiger partial charge is 0.495 e. The zero-order valence-corrected chi connectivity index (χ0v) is 11.6. The molecule has 0 unspecified atom stereocenters. The van der Waals surface area contributed by atoms with Crippen LogP contribution in [0.2, 0.25) is 5.02 Å². The molecule has 0 atom stereocenters. The highest BCUT2D eigenvalue weighted by Crippen LogP contribution is 2.35. The molecule has 0 aliphatic carbocycles. The van der Waals surface area contributed by atoms with Crippen LogP contribution in [-0.4, -0.2) is 30.2 Å². The first-order valence-corrected chi connectivity index (χ1v) is 6.00. The molecule has 1 aromatic carbocycles. The molecule has 0 saturated heterocycles. The number of aromatic nitrogens is 2. The number of amides is 2. The van der Waals surface area contributed by atoms with Crippen molar-refractivity contribution in [3.05, 3.63) is 29.5 Å². The number of aromatic amines is 1. The van der Waals surface area contributed by atoms with Crippen LogP contribution in [0.3, 0.4) is 0 Å². The lowest BCUT2D eigenvalue weighted by Gasteiger charge is -2.13. The number of hydrogen-bond acceptors (Lipinski definition) is 4. The highest BCUT2D eigenvalue weighted by Gasteiger charge is 2.12. The number of nitrogens with one attached hydrogen (secondary N) is 3. The second kappa shape index (κ2) is 6.16.